The quantitative estimate of drug-likeness (QED) is 0.531. The van der Waals surface area contributed by atoms with Gasteiger partial charge in [-0.1, -0.05) is 6.58 Å². The zero-order chi connectivity index (χ0) is 8.69. The second kappa shape index (κ2) is 5.24. The molecule has 0 atom stereocenters. The van der Waals surface area contributed by atoms with Crippen LogP contribution in [0.15, 0.2) is 23.3 Å². The Bertz CT molecular complexity index is 241. The van der Waals surface area contributed by atoms with Crippen molar-refractivity contribution in [1.82, 2.24) is 4.98 Å². The first-order chi connectivity index (χ1) is 5.20. The Balaban J connectivity index is 0.000000218. The maximum atomic E-state index is 7.51. The van der Waals surface area contributed by atoms with E-state index in [1.165, 1.54) is 6.08 Å². The van der Waals surface area contributed by atoms with Crippen molar-refractivity contribution < 1.29 is 4.42 Å². The third kappa shape index (κ3) is 4.91. The molecule has 0 saturated heterocycles. The third-order valence-electron chi connectivity index (χ3n) is 0.825. The first-order valence-electron chi connectivity index (χ1n) is 3.10. The first-order valence-corrected chi connectivity index (χ1v) is 3.10. The number of nitrogens with zero attached hydrogens (tertiary/aromatic N) is 2. The zero-order valence-corrected chi connectivity index (χ0v) is 6.66. The van der Waals surface area contributed by atoms with Crippen LogP contribution in [0.5, 0.6) is 0 Å². The minimum Gasteiger partial charge on any atom is -0.449 e. The topological polar surface area (TPSA) is 49.8 Å². The van der Waals surface area contributed by atoms with Gasteiger partial charge in [0.15, 0.2) is 5.89 Å². The molecular formula is C8H10N2O. The van der Waals surface area contributed by atoms with Crippen molar-refractivity contribution in [3.05, 3.63) is 30.5 Å². The van der Waals surface area contributed by atoms with Gasteiger partial charge in [-0.15, -0.1) is 0 Å². The van der Waals surface area contributed by atoms with Crippen LogP contribution in [0.3, 0.4) is 0 Å². The highest BCUT2D eigenvalue weighted by molar-refractivity contribution is 4.93. The number of allylic oxidation sites excluding steroid dienone is 1. The molecule has 1 aromatic rings. The molecule has 3 heteroatoms. The molecule has 58 valence electrons. The number of oxazole rings is 1. The molecule has 0 saturated carbocycles. The fourth-order valence-electron chi connectivity index (χ4n) is 0.472. The highest BCUT2D eigenvalue weighted by atomic mass is 16.3. The van der Waals surface area contributed by atoms with Crippen molar-refractivity contribution in [2.45, 2.75) is 13.8 Å². The summed E-state index contributed by atoms with van der Waals surface area (Å²) in [7, 11) is 0. The van der Waals surface area contributed by atoms with Crippen LogP contribution >= 0.6 is 0 Å². The van der Waals surface area contributed by atoms with Crippen LogP contribution in [0.2, 0.25) is 0 Å². The van der Waals surface area contributed by atoms with Gasteiger partial charge >= 0.3 is 0 Å². The average Bonchev–Trinajstić information content (AvgIpc) is 2.35. The van der Waals surface area contributed by atoms with Gasteiger partial charge in [0.05, 0.1) is 11.8 Å². The Hall–Kier alpha value is -1.56. The van der Waals surface area contributed by atoms with Gasteiger partial charge in [-0.3, -0.25) is 0 Å². The van der Waals surface area contributed by atoms with Crippen LogP contribution < -0.4 is 0 Å². The van der Waals surface area contributed by atoms with Crippen molar-refractivity contribution in [2.24, 2.45) is 0 Å². The van der Waals surface area contributed by atoms with Gasteiger partial charge in [0.25, 0.3) is 0 Å². The van der Waals surface area contributed by atoms with Crippen molar-refractivity contribution in [1.29, 1.82) is 5.26 Å². The molecule has 0 radical (unpaired) electrons. The highest BCUT2D eigenvalue weighted by Crippen LogP contribution is 1.95. The summed E-state index contributed by atoms with van der Waals surface area (Å²) in [5, 5.41) is 7.51. The van der Waals surface area contributed by atoms with E-state index in [1.54, 1.807) is 12.3 Å². The number of nitriles is 1. The van der Waals surface area contributed by atoms with E-state index in [0.717, 1.165) is 11.6 Å². The monoisotopic (exact) mass is 150 g/mol. The molecule has 0 aromatic carbocycles. The lowest BCUT2D eigenvalue weighted by atomic mass is 10.6. The Morgan fingerprint density at radius 2 is 2.27 bits per heavy atom. The van der Waals surface area contributed by atoms with Gasteiger partial charge in [-0.25, -0.2) is 4.98 Å². The Morgan fingerprint density at radius 1 is 1.73 bits per heavy atom. The number of aryl methyl sites for hydroxylation is 2. The van der Waals surface area contributed by atoms with Gasteiger partial charge in [0.2, 0.25) is 0 Å². The Kier molecular flexibility index (Phi) is 4.50. The van der Waals surface area contributed by atoms with Gasteiger partial charge in [-0.05, 0) is 6.92 Å². The summed E-state index contributed by atoms with van der Waals surface area (Å²) in [5.41, 5.74) is 0.942. The lowest BCUT2D eigenvalue weighted by Gasteiger charge is -1.68. The van der Waals surface area contributed by atoms with Crippen LogP contribution in [-0.2, 0) is 0 Å². The van der Waals surface area contributed by atoms with E-state index in [4.69, 9.17) is 9.68 Å². The molecule has 3 nitrogen and oxygen atoms in total. The Morgan fingerprint density at radius 3 is 2.36 bits per heavy atom. The minimum absolute atomic E-state index is 0.734. The standard InChI is InChI=1S/C5H7NO.C3H3N/c1-4-3-7-5(2)6-4;1-2-3-4/h3H,1-2H3;2H,1H2. The molecule has 0 unspecified atom stereocenters. The Labute approximate surface area is 66.0 Å². The van der Waals surface area contributed by atoms with E-state index in [0.29, 0.717) is 0 Å². The lowest BCUT2D eigenvalue weighted by molar-refractivity contribution is 0.521. The molecule has 0 aliphatic carbocycles. The first kappa shape index (κ1) is 9.44. The fourth-order valence-corrected chi connectivity index (χ4v) is 0.472. The molecule has 11 heavy (non-hydrogen) atoms. The summed E-state index contributed by atoms with van der Waals surface area (Å²) >= 11 is 0. The molecule has 1 rings (SSSR count). The van der Waals surface area contributed by atoms with Crippen LogP contribution in [0.25, 0.3) is 0 Å². The summed E-state index contributed by atoms with van der Waals surface area (Å²) in [5.74, 6) is 0.734. The van der Waals surface area contributed by atoms with Gasteiger partial charge in [0, 0.05) is 13.0 Å². The predicted molar refractivity (Wildman–Crippen MR) is 41.8 cm³/mol. The largest absolute Gasteiger partial charge is 0.449 e. The number of hydrogen-bond donors (Lipinski definition) is 0. The fraction of sp³-hybridized carbons (Fsp3) is 0.250. The van der Waals surface area contributed by atoms with Crippen molar-refractivity contribution >= 4 is 0 Å². The van der Waals surface area contributed by atoms with Gasteiger partial charge in [0.1, 0.15) is 6.26 Å². The second-order valence-corrected chi connectivity index (χ2v) is 1.84. The molecule has 0 N–H and O–H groups in total. The van der Waals surface area contributed by atoms with Crippen LogP contribution in [0.1, 0.15) is 11.6 Å². The molecule has 0 aliphatic heterocycles. The van der Waals surface area contributed by atoms with E-state index in [9.17, 15) is 0 Å². The van der Waals surface area contributed by atoms with Crippen LogP contribution in [-0.4, -0.2) is 4.98 Å². The number of rotatable bonds is 0. The predicted octanol–water partition coefficient (Wildman–Crippen LogP) is 1.99. The number of aromatic nitrogens is 1. The van der Waals surface area contributed by atoms with E-state index < -0.39 is 0 Å². The number of hydrogen-bond acceptors (Lipinski definition) is 3. The molecule has 1 aromatic heterocycles. The normalized spacial score (nSPS) is 7.36. The second-order valence-electron chi connectivity index (χ2n) is 1.84. The van der Waals surface area contributed by atoms with E-state index >= 15 is 0 Å². The highest BCUT2D eigenvalue weighted by Gasteiger charge is 1.87. The molecule has 0 bridgehead atoms. The lowest BCUT2D eigenvalue weighted by Crippen LogP contribution is -1.67. The minimum atomic E-state index is 0.734. The van der Waals surface area contributed by atoms with Gasteiger partial charge < -0.3 is 4.42 Å². The maximum Gasteiger partial charge on any atom is 0.191 e. The smallest absolute Gasteiger partial charge is 0.191 e. The molecule has 0 amide bonds. The van der Waals surface area contributed by atoms with Gasteiger partial charge in [-0.2, -0.15) is 5.26 Å². The molecule has 0 fully saturated rings. The van der Waals surface area contributed by atoms with E-state index in [2.05, 4.69) is 11.6 Å². The van der Waals surface area contributed by atoms with Crippen molar-refractivity contribution in [3.8, 4) is 6.07 Å². The molecular weight excluding hydrogens is 140 g/mol. The summed E-state index contributed by atoms with van der Waals surface area (Å²) < 4.78 is 4.85. The van der Waals surface area contributed by atoms with Crippen molar-refractivity contribution in [3.63, 3.8) is 0 Å². The zero-order valence-electron chi connectivity index (χ0n) is 6.66. The average molecular weight is 150 g/mol. The SMILES string of the molecule is C=CC#N.Cc1coc(C)n1. The summed E-state index contributed by atoms with van der Waals surface area (Å²) in [6, 6.07) is 1.69. The molecule has 1 heterocycles. The summed E-state index contributed by atoms with van der Waals surface area (Å²) in [6.45, 7) is 6.84. The third-order valence-corrected chi connectivity index (χ3v) is 0.825. The van der Waals surface area contributed by atoms with Crippen LogP contribution in [0.4, 0.5) is 0 Å². The van der Waals surface area contributed by atoms with E-state index in [1.807, 2.05) is 13.8 Å². The summed E-state index contributed by atoms with van der Waals surface area (Å²) in [6.07, 6.45) is 2.81. The molecule has 0 spiro atoms. The van der Waals surface area contributed by atoms with Crippen molar-refractivity contribution in [2.75, 3.05) is 0 Å². The maximum absolute atomic E-state index is 7.51. The summed E-state index contributed by atoms with van der Waals surface area (Å²) in [4.78, 5) is 3.94. The van der Waals surface area contributed by atoms with E-state index in [-0.39, 0.29) is 0 Å². The van der Waals surface area contributed by atoms with Crippen LogP contribution in [0, 0.1) is 25.2 Å². The molecule has 0 aliphatic rings.